The molecule has 1 unspecified atom stereocenters. The number of nitrogens with one attached hydrogen (secondary N) is 2. The second-order valence-electron chi connectivity index (χ2n) is 5.54. The van der Waals surface area contributed by atoms with Crippen molar-refractivity contribution in [2.24, 2.45) is 0 Å². The Morgan fingerprint density at radius 3 is 2.78 bits per heavy atom. The van der Waals surface area contributed by atoms with Crippen LogP contribution in [0.5, 0.6) is 0 Å². The lowest BCUT2D eigenvalue weighted by atomic mass is 10.1. The van der Waals surface area contributed by atoms with Crippen molar-refractivity contribution < 1.29 is 0 Å². The van der Waals surface area contributed by atoms with Crippen LogP contribution in [0.1, 0.15) is 32.8 Å². The van der Waals surface area contributed by atoms with Gasteiger partial charge in [0, 0.05) is 38.1 Å². The number of halogens is 2. The Morgan fingerprint density at radius 2 is 2.09 bits per heavy atom. The van der Waals surface area contributed by atoms with E-state index in [2.05, 4.69) is 41.0 Å². The molecule has 0 aliphatic heterocycles. The number of aromatic amines is 1. The molecule has 0 fully saturated rings. The van der Waals surface area contributed by atoms with Gasteiger partial charge in [-0.2, -0.15) is 0 Å². The number of H-pyrrole nitrogens is 1. The fourth-order valence-corrected chi connectivity index (χ4v) is 3.60. The van der Waals surface area contributed by atoms with Crippen LogP contribution in [-0.4, -0.2) is 11.0 Å². The van der Waals surface area contributed by atoms with Crippen LogP contribution in [0.25, 0.3) is 10.9 Å². The van der Waals surface area contributed by atoms with Gasteiger partial charge >= 0.3 is 0 Å². The highest BCUT2D eigenvalue weighted by molar-refractivity contribution is 8.01. The molecule has 1 heterocycles. The monoisotopic (exact) mass is 368 g/mol. The number of rotatable bonds is 7. The summed E-state index contributed by atoms with van der Waals surface area (Å²) in [6.45, 7) is 6.07. The zero-order chi connectivity index (χ0) is 16.8. The Labute approximate surface area is 152 Å². The average Bonchev–Trinajstić information content (AvgIpc) is 2.93. The summed E-state index contributed by atoms with van der Waals surface area (Å²) in [7, 11) is 0. The predicted octanol–water partition coefficient (Wildman–Crippen LogP) is 6.34. The molecular weight excluding hydrogens is 347 g/mol. The molecule has 0 aliphatic rings. The summed E-state index contributed by atoms with van der Waals surface area (Å²) in [6.07, 6.45) is 5.73. The minimum atomic E-state index is 0.305. The average molecular weight is 369 g/mol. The van der Waals surface area contributed by atoms with Gasteiger partial charge in [-0.15, -0.1) is 0 Å². The van der Waals surface area contributed by atoms with Crippen LogP contribution >= 0.6 is 35.1 Å². The van der Waals surface area contributed by atoms with E-state index in [4.69, 9.17) is 23.2 Å². The fourth-order valence-electron chi connectivity index (χ4n) is 2.35. The van der Waals surface area contributed by atoms with E-state index in [1.165, 1.54) is 16.5 Å². The molecule has 0 amide bonds. The topological polar surface area (TPSA) is 27.8 Å². The van der Waals surface area contributed by atoms with Crippen molar-refractivity contribution in [1.82, 2.24) is 9.71 Å². The van der Waals surface area contributed by atoms with Gasteiger partial charge in [-0.3, -0.25) is 4.72 Å². The van der Waals surface area contributed by atoms with Gasteiger partial charge in [0.2, 0.25) is 0 Å². The summed E-state index contributed by atoms with van der Waals surface area (Å²) in [4.78, 5) is 4.30. The molecule has 1 aromatic carbocycles. The first kappa shape index (κ1) is 18.5. The molecule has 2 nitrogen and oxygen atoms in total. The van der Waals surface area contributed by atoms with Crippen LogP contribution in [-0.2, 0) is 6.42 Å². The van der Waals surface area contributed by atoms with E-state index in [1.54, 1.807) is 11.9 Å². The molecule has 1 aromatic heterocycles. The number of allylic oxidation sites excluding steroid dienone is 3. The van der Waals surface area contributed by atoms with E-state index in [1.807, 2.05) is 26.0 Å². The minimum Gasteiger partial charge on any atom is -0.361 e. The van der Waals surface area contributed by atoms with Crippen LogP contribution in [0.3, 0.4) is 0 Å². The van der Waals surface area contributed by atoms with Crippen molar-refractivity contribution in [3.05, 3.63) is 57.1 Å². The predicted molar refractivity (Wildman–Crippen MR) is 105 cm³/mol. The molecular formula is C18H22Cl2N2S. The molecule has 1 atom stereocenters. The second-order valence-corrected chi connectivity index (χ2v) is 7.47. The molecule has 0 saturated heterocycles. The number of aromatic nitrogens is 1. The molecule has 2 aromatic rings. The van der Waals surface area contributed by atoms with Gasteiger partial charge in [0.05, 0.1) is 0 Å². The minimum absolute atomic E-state index is 0.305. The van der Waals surface area contributed by atoms with Gasteiger partial charge in [0.25, 0.3) is 0 Å². The summed E-state index contributed by atoms with van der Waals surface area (Å²) < 4.78 is 3.46. The first-order valence-corrected chi connectivity index (χ1v) is 9.28. The van der Waals surface area contributed by atoms with Crippen molar-refractivity contribution in [1.29, 1.82) is 0 Å². The molecule has 0 radical (unpaired) electrons. The Kier molecular flexibility index (Phi) is 7.09. The largest absolute Gasteiger partial charge is 0.361 e. The molecule has 0 spiro atoms. The van der Waals surface area contributed by atoms with E-state index in [0.717, 1.165) is 27.8 Å². The number of para-hydroxylation sites is 1. The molecule has 2 rings (SSSR count). The van der Waals surface area contributed by atoms with E-state index in [-0.39, 0.29) is 0 Å². The van der Waals surface area contributed by atoms with Gasteiger partial charge in [-0.05, 0) is 56.3 Å². The molecule has 0 bridgehead atoms. The van der Waals surface area contributed by atoms with Crippen molar-refractivity contribution in [2.45, 2.75) is 39.7 Å². The summed E-state index contributed by atoms with van der Waals surface area (Å²) in [5.74, 6) is 0. The summed E-state index contributed by atoms with van der Waals surface area (Å²) in [6, 6.07) is 8.67. The van der Waals surface area contributed by atoms with Gasteiger partial charge in [0.15, 0.2) is 0 Å². The lowest BCUT2D eigenvalue weighted by Gasteiger charge is -2.14. The van der Waals surface area contributed by atoms with Crippen LogP contribution in [0.2, 0.25) is 0 Å². The van der Waals surface area contributed by atoms with E-state index < -0.39 is 0 Å². The van der Waals surface area contributed by atoms with Gasteiger partial charge < -0.3 is 4.98 Å². The third kappa shape index (κ3) is 5.32. The Morgan fingerprint density at radius 1 is 1.35 bits per heavy atom. The van der Waals surface area contributed by atoms with Crippen molar-refractivity contribution in [3.8, 4) is 0 Å². The van der Waals surface area contributed by atoms with Crippen molar-refractivity contribution in [3.63, 3.8) is 0 Å². The van der Waals surface area contributed by atoms with E-state index >= 15 is 0 Å². The van der Waals surface area contributed by atoms with Crippen LogP contribution < -0.4 is 4.72 Å². The summed E-state index contributed by atoms with van der Waals surface area (Å²) >= 11 is 13.8. The highest BCUT2D eigenvalue weighted by Gasteiger charge is 2.10. The molecule has 5 heteroatoms. The Balaban J connectivity index is 2.02. The summed E-state index contributed by atoms with van der Waals surface area (Å²) in [5.41, 5.74) is 2.50. The highest BCUT2D eigenvalue weighted by Crippen LogP contribution is 2.27. The van der Waals surface area contributed by atoms with E-state index in [0.29, 0.717) is 6.04 Å². The van der Waals surface area contributed by atoms with Crippen molar-refractivity contribution in [2.75, 3.05) is 0 Å². The Bertz CT molecular complexity index is 715. The molecule has 124 valence electrons. The number of fused-ring (bicyclic) bond motifs is 1. The lowest BCUT2D eigenvalue weighted by Crippen LogP contribution is -2.21. The maximum atomic E-state index is 6.29. The first-order chi connectivity index (χ1) is 11.0. The van der Waals surface area contributed by atoms with Crippen LogP contribution in [0.4, 0.5) is 0 Å². The first-order valence-electron chi connectivity index (χ1n) is 7.71. The smallest absolute Gasteiger partial charge is 0.0456 e. The molecule has 0 aliphatic carbocycles. The van der Waals surface area contributed by atoms with Crippen LogP contribution in [0.15, 0.2) is 51.5 Å². The third-order valence-corrected chi connectivity index (χ3v) is 5.28. The normalized spacial score (nSPS) is 14.9. The maximum Gasteiger partial charge on any atom is 0.0456 e. The lowest BCUT2D eigenvalue weighted by molar-refractivity contribution is 0.693. The maximum absolute atomic E-state index is 6.29. The van der Waals surface area contributed by atoms with Crippen molar-refractivity contribution >= 4 is 46.1 Å². The third-order valence-electron chi connectivity index (χ3n) is 3.48. The number of hydrogen-bond donors (Lipinski definition) is 2. The zero-order valence-corrected chi connectivity index (χ0v) is 15.9. The van der Waals surface area contributed by atoms with Gasteiger partial charge in [-0.25, -0.2) is 0 Å². The zero-order valence-electron chi connectivity index (χ0n) is 13.6. The van der Waals surface area contributed by atoms with Gasteiger partial charge in [-0.1, -0.05) is 48.3 Å². The standard InChI is InChI=1S/C18H22Cl2N2S/c1-4-16(20)18(9-12(2)19)23-22-13(3)10-14-11-21-17-8-6-5-7-15(14)17/h5-9,11,13,21-22H,4,10H2,1-3H3/b12-9+,18-16-. The molecule has 2 N–H and O–H groups in total. The summed E-state index contributed by atoms with van der Waals surface area (Å²) in [5, 5.41) is 2.83. The van der Waals surface area contributed by atoms with Gasteiger partial charge in [0.1, 0.15) is 0 Å². The number of hydrogen-bond acceptors (Lipinski definition) is 2. The molecule has 23 heavy (non-hydrogen) atoms. The van der Waals surface area contributed by atoms with Crippen LogP contribution in [0, 0.1) is 0 Å². The SMILES string of the molecule is CC/C(Cl)=C(\C=C(/C)Cl)SNC(C)Cc1c[nH]c2ccccc12. The fraction of sp³-hybridized carbons (Fsp3) is 0.333. The number of benzene rings is 1. The van der Waals surface area contributed by atoms with E-state index in [9.17, 15) is 0 Å². The second kappa shape index (κ2) is 8.84. The molecule has 0 saturated carbocycles. The Hall–Kier alpha value is -0.870. The highest BCUT2D eigenvalue weighted by atomic mass is 35.5. The quantitative estimate of drug-likeness (QED) is 0.440.